The fraction of sp³-hybridized carbons (Fsp3) is 0.143. The van der Waals surface area contributed by atoms with Gasteiger partial charge in [-0.15, -0.1) is 0 Å². The number of aryl methyl sites for hydroxylation is 1. The number of nitrogens with zero attached hydrogens (tertiary/aromatic N) is 3. The van der Waals surface area contributed by atoms with Gasteiger partial charge in [-0.2, -0.15) is 10.4 Å². The van der Waals surface area contributed by atoms with Crippen LogP contribution in [0.15, 0.2) is 67.0 Å². The molecule has 0 bridgehead atoms. The molecule has 2 amide bonds. The van der Waals surface area contributed by atoms with Gasteiger partial charge in [0.1, 0.15) is 11.8 Å². The molecule has 2 aromatic carbocycles. The molecule has 0 radical (unpaired) electrons. The lowest BCUT2D eigenvalue weighted by Crippen LogP contribution is -2.43. The number of amides is 2. The molecule has 0 aliphatic heterocycles. The lowest BCUT2D eigenvalue weighted by atomic mass is 10.2. The zero-order chi connectivity index (χ0) is 20.5. The molecule has 1 aromatic heterocycles. The van der Waals surface area contributed by atoms with Gasteiger partial charge in [0.2, 0.25) is 5.91 Å². The topological polar surface area (TPSA) is 109 Å². The Bertz CT molecular complexity index is 1020. The van der Waals surface area contributed by atoms with E-state index in [2.05, 4.69) is 16.0 Å². The minimum atomic E-state index is -0.525. The van der Waals surface area contributed by atoms with Crippen molar-refractivity contribution in [3.05, 3.63) is 78.1 Å². The predicted molar refractivity (Wildman–Crippen MR) is 105 cm³/mol. The van der Waals surface area contributed by atoms with Crippen molar-refractivity contribution in [1.82, 2.24) is 20.6 Å². The highest BCUT2D eigenvalue weighted by atomic mass is 16.5. The van der Waals surface area contributed by atoms with Gasteiger partial charge >= 0.3 is 0 Å². The van der Waals surface area contributed by atoms with E-state index in [-0.39, 0.29) is 18.9 Å². The monoisotopic (exact) mass is 389 g/mol. The van der Waals surface area contributed by atoms with Crippen molar-refractivity contribution in [1.29, 1.82) is 5.26 Å². The molecule has 0 unspecified atom stereocenters. The van der Waals surface area contributed by atoms with Crippen LogP contribution in [0, 0.1) is 11.3 Å². The summed E-state index contributed by atoms with van der Waals surface area (Å²) in [6, 6.07) is 18.2. The molecule has 8 nitrogen and oxygen atoms in total. The molecule has 3 aromatic rings. The van der Waals surface area contributed by atoms with Crippen LogP contribution in [0.3, 0.4) is 0 Å². The average Bonchev–Trinajstić information content (AvgIpc) is 3.24. The summed E-state index contributed by atoms with van der Waals surface area (Å²) < 4.78 is 7.04. The smallest absolute Gasteiger partial charge is 0.276 e. The summed E-state index contributed by atoms with van der Waals surface area (Å²) in [4.78, 5) is 23.7. The Kier molecular flexibility index (Phi) is 6.58. The van der Waals surface area contributed by atoms with Crippen molar-refractivity contribution in [2.24, 2.45) is 0 Å². The predicted octanol–water partition coefficient (Wildman–Crippen LogP) is 1.90. The molecule has 8 heteroatoms. The average molecular weight is 389 g/mol. The van der Waals surface area contributed by atoms with Gasteiger partial charge in [-0.1, -0.05) is 30.3 Å². The van der Waals surface area contributed by atoms with Gasteiger partial charge in [0.05, 0.1) is 17.4 Å². The van der Waals surface area contributed by atoms with Gasteiger partial charge in [0, 0.05) is 12.6 Å². The number of carbonyl (C=O) groups excluding carboxylic acids is 2. The number of carbonyl (C=O) groups is 2. The SMILES string of the molecule is N#Cc1ccccc1OCC(=O)NNC(=O)CCc1cnn(-c2ccccc2)c1. The third-order valence-corrected chi connectivity index (χ3v) is 4.01. The molecule has 0 aliphatic carbocycles. The quantitative estimate of drug-likeness (QED) is 0.600. The Hall–Kier alpha value is -4.12. The molecule has 0 saturated carbocycles. The van der Waals surface area contributed by atoms with Crippen molar-refractivity contribution in [2.75, 3.05) is 6.61 Å². The van der Waals surface area contributed by atoms with Crippen molar-refractivity contribution in [3.8, 4) is 17.5 Å². The van der Waals surface area contributed by atoms with Crippen LogP contribution < -0.4 is 15.6 Å². The van der Waals surface area contributed by atoms with Crippen molar-refractivity contribution in [2.45, 2.75) is 12.8 Å². The van der Waals surface area contributed by atoms with Crippen molar-refractivity contribution in [3.63, 3.8) is 0 Å². The van der Waals surface area contributed by atoms with E-state index < -0.39 is 5.91 Å². The summed E-state index contributed by atoms with van der Waals surface area (Å²) in [5, 5.41) is 13.3. The van der Waals surface area contributed by atoms with Crippen LogP contribution in [-0.2, 0) is 16.0 Å². The van der Waals surface area contributed by atoms with Gasteiger partial charge in [0.25, 0.3) is 5.91 Å². The summed E-state index contributed by atoms with van der Waals surface area (Å²) in [6.45, 7) is -0.317. The van der Waals surface area contributed by atoms with Crippen LogP contribution in [-0.4, -0.2) is 28.2 Å². The summed E-state index contributed by atoms with van der Waals surface area (Å²) in [6.07, 6.45) is 4.25. The lowest BCUT2D eigenvalue weighted by molar-refractivity contribution is -0.130. The van der Waals surface area contributed by atoms with E-state index in [9.17, 15) is 9.59 Å². The number of nitrogens with one attached hydrogen (secondary N) is 2. The first-order valence-corrected chi connectivity index (χ1v) is 8.94. The Balaban J connectivity index is 1.39. The first-order valence-electron chi connectivity index (χ1n) is 8.94. The molecule has 29 heavy (non-hydrogen) atoms. The maximum absolute atomic E-state index is 11.9. The van der Waals surface area contributed by atoms with Gasteiger partial charge < -0.3 is 4.74 Å². The first-order chi connectivity index (χ1) is 14.2. The number of aromatic nitrogens is 2. The normalized spacial score (nSPS) is 10.0. The van der Waals surface area contributed by atoms with Crippen LogP contribution in [0.25, 0.3) is 5.69 Å². The molecule has 0 aliphatic rings. The number of hydrogen-bond acceptors (Lipinski definition) is 5. The van der Waals surface area contributed by atoms with E-state index in [0.717, 1.165) is 11.3 Å². The number of hydrogen-bond donors (Lipinski definition) is 2. The number of ether oxygens (including phenoxy) is 1. The third-order valence-electron chi connectivity index (χ3n) is 4.01. The fourth-order valence-electron chi connectivity index (χ4n) is 2.54. The Morgan fingerprint density at radius 3 is 2.55 bits per heavy atom. The molecule has 1 heterocycles. The summed E-state index contributed by atoms with van der Waals surface area (Å²) in [7, 11) is 0. The van der Waals surface area contributed by atoms with Gasteiger partial charge in [0.15, 0.2) is 6.61 Å². The van der Waals surface area contributed by atoms with Gasteiger partial charge in [-0.3, -0.25) is 20.4 Å². The van der Waals surface area contributed by atoms with Gasteiger partial charge in [-0.05, 0) is 36.2 Å². The first kappa shape index (κ1) is 19.6. The molecule has 0 atom stereocenters. The van der Waals surface area contributed by atoms with E-state index in [1.165, 1.54) is 0 Å². The number of para-hydroxylation sites is 2. The molecule has 0 saturated heterocycles. The molecular formula is C21H19N5O3. The molecule has 146 valence electrons. The third kappa shape index (κ3) is 5.68. The van der Waals surface area contributed by atoms with Crippen LogP contribution in [0.5, 0.6) is 5.75 Å². The second-order valence-electron chi connectivity index (χ2n) is 6.12. The van der Waals surface area contributed by atoms with Crippen LogP contribution >= 0.6 is 0 Å². The fourth-order valence-corrected chi connectivity index (χ4v) is 2.54. The van der Waals surface area contributed by atoms with Crippen LogP contribution in [0.4, 0.5) is 0 Å². The van der Waals surface area contributed by atoms with Crippen LogP contribution in [0.2, 0.25) is 0 Å². The zero-order valence-corrected chi connectivity index (χ0v) is 15.5. The highest BCUT2D eigenvalue weighted by molar-refractivity contribution is 5.82. The van der Waals surface area contributed by atoms with Crippen molar-refractivity contribution >= 4 is 11.8 Å². The van der Waals surface area contributed by atoms with Crippen LogP contribution in [0.1, 0.15) is 17.5 Å². The summed E-state index contributed by atoms with van der Waals surface area (Å²) in [5.74, 6) is -0.543. The number of benzene rings is 2. The highest BCUT2D eigenvalue weighted by Crippen LogP contribution is 2.16. The number of nitriles is 1. The Morgan fingerprint density at radius 2 is 1.76 bits per heavy atom. The molecule has 0 spiro atoms. The largest absolute Gasteiger partial charge is 0.482 e. The second kappa shape index (κ2) is 9.71. The molecule has 3 rings (SSSR count). The van der Waals surface area contributed by atoms with Gasteiger partial charge in [-0.25, -0.2) is 4.68 Å². The number of rotatable bonds is 7. The highest BCUT2D eigenvalue weighted by Gasteiger charge is 2.09. The van der Waals surface area contributed by atoms with E-state index in [4.69, 9.17) is 10.00 Å². The molecular weight excluding hydrogens is 370 g/mol. The maximum Gasteiger partial charge on any atom is 0.276 e. The van der Waals surface area contributed by atoms with E-state index in [1.807, 2.05) is 42.6 Å². The zero-order valence-electron chi connectivity index (χ0n) is 15.5. The summed E-state index contributed by atoms with van der Waals surface area (Å²) >= 11 is 0. The molecule has 2 N–H and O–H groups in total. The van der Waals surface area contributed by atoms with E-state index in [0.29, 0.717) is 17.7 Å². The minimum absolute atomic E-state index is 0.193. The number of hydrazine groups is 1. The van der Waals surface area contributed by atoms with Crippen molar-refractivity contribution < 1.29 is 14.3 Å². The lowest BCUT2D eigenvalue weighted by Gasteiger charge is -2.09. The maximum atomic E-state index is 11.9. The minimum Gasteiger partial charge on any atom is -0.482 e. The van der Waals surface area contributed by atoms with E-state index >= 15 is 0 Å². The second-order valence-corrected chi connectivity index (χ2v) is 6.12. The summed E-state index contributed by atoms with van der Waals surface area (Å²) in [5.41, 5.74) is 6.82. The van der Waals surface area contributed by atoms with E-state index in [1.54, 1.807) is 35.1 Å². The molecule has 0 fully saturated rings. The standard InChI is InChI=1S/C21H19N5O3/c22-12-17-6-4-5-9-19(17)29-15-21(28)25-24-20(27)11-10-16-13-23-26(14-16)18-7-2-1-3-8-18/h1-9,13-14H,10-11,15H2,(H,24,27)(H,25,28). The Morgan fingerprint density at radius 1 is 1.03 bits per heavy atom. The Labute approximate surface area is 167 Å².